The second kappa shape index (κ2) is 5.57. The molecule has 1 N–H and O–H groups in total. The average molecular weight is 345 g/mol. The molecule has 2 aliphatic heterocycles. The van der Waals surface area contributed by atoms with Gasteiger partial charge in [0.2, 0.25) is 6.10 Å². The molecule has 0 aliphatic carbocycles. The number of hydrogen-bond donors (Lipinski definition) is 1. The molecule has 24 heavy (non-hydrogen) atoms. The predicted molar refractivity (Wildman–Crippen MR) is 73.7 cm³/mol. The molecule has 0 saturated carbocycles. The number of rotatable bonds is 2. The highest BCUT2D eigenvalue weighted by Gasteiger charge is 2.64. The monoisotopic (exact) mass is 345 g/mol. The SMILES string of the molecule is O=C(C1COc2ccccc2O1)N1CCC(C(=O)O)(C(F)(F)F)C1. The fraction of sp³-hybridized carbons (Fsp3) is 0.467. The molecular weight excluding hydrogens is 331 g/mol. The number of para-hydroxylation sites is 2. The van der Waals surface area contributed by atoms with Gasteiger partial charge in [-0.25, -0.2) is 0 Å². The Labute approximate surface area is 134 Å². The zero-order chi connectivity index (χ0) is 17.5. The van der Waals surface area contributed by atoms with Crippen molar-refractivity contribution < 1.29 is 37.3 Å². The molecule has 0 radical (unpaired) electrons. The first-order valence-electron chi connectivity index (χ1n) is 7.22. The van der Waals surface area contributed by atoms with Gasteiger partial charge in [-0.3, -0.25) is 9.59 Å². The Hall–Kier alpha value is -2.45. The number of nitrogens with zero attached hydrogens (tertiary/aromatic N) is 1. The lowest BCUT2D eigenvalue weighted by Gasteiger charge is -2.30. The second-order valence-corrected chi connectivity index (χ2v) is 5.76. The molecule has 9 heteroatoms. The van der Waals surface area contributed by atoms with Crippen molar-refractivity contribution in [2.45, 2.75) is 18.7 Å². The van der Waals surface area contributed by atoms with Crippen LogP contribution in [0.2, 0.25) is 0 Å². The molecule has 1 aromatic rings. The molecule has 0 bridgehead atoms. The van der Waals surface area contributed by atoms with Crippen LogP contribution in [-0.2, 0) is 9.59 Å². The summed E-state index contributed by atoms with van der Waals surface area (Å²) in [6.07, 6.45) is -6.72. The van der Waals surface area contributed by atoms with Crippen LogP contribution in [0.4, 0.5) is 13.2 Å². The average Bonchev–Trinajstić information content (AvgIpc) is 3.00. The standard InChI is InChI=1S/C15H14F3NO5/c16-15(17,18)14(13(21)22)5-6-19(8-14)12(20)11-7-23-9-3-1-2-4-10(9)24-11/h1-4,11H,5-8H2,(H,21,22). The highest BCUT2D eigenvalue weighted by Crippen LogP contribution is 2.46. The van der Waals surface area contributed by atoms with E-state index in [1.54, 1.807) is 24.3 Å². The van der Waals surface area contributed by atoms with Gasteiger partial charge in [-0.15, -0.1) is 0 Å². The first-order valence-corrected chi connectivity index (χ1v) is 7.22. The van der Waals surface area contributed by atoms with Crippen LogP contribution in [0.25, 0.3) is 0 Å². The highest BCUT2D eigenvalue weighted by atomic mass is 19.4. The van der Waals surface area contributed by atoms with Crippen molar-refractivity contribution in [2.75, 3.05) is 19.7 Å². The van der Waals surface area contributed by atoms with E-state index in [9.17, 15) is 22.8 Å². The zero-order valence-corrected chi connectivity index (χ0v) is 12.4. The molecular formula is C15H14F3NO5. The third kappa shape index (κ3) is 2.53. The minimum absolute atomic E-state index is 0.140. The first-order chi connectivity index (χ1) is 11.2. The van der Waals surface area contributed by atoms with E-state index in [1.807, 2.05) is 0 Å². The number of amides is 1. The predicted octanol–water partition coefficient (Wildman–Crippen LogP) is 1.69. The Morgan fingerprint density at radius 2 is 1.92 bits per heavy atom. The molecule has 1 amide bonds. The van der Waals surface area contributed by atoms with Crippen LogP contribution in [0.15, 0.2) is 24.3 Å². The Bertz CT molecular complexity index is 677. The Balaban J connectivity index is 1.75. The highest BCUT2D eigenvalue weighted by molar-refractivity contribution is 5.84. The summed E-state index contributed by atoms with van der Waals surface area (Å²) < 4.78 is 50.4. The Morgan fingerprint density at radius 1 is 1.25 bits per heavy atom. The van der Waals surface area contributed by atoms with Crippen LogP contribution in [0.5, 0.6) is 11.5 Å². The minimum Gasteiger partial charge on any atom is -0.485 e. The maximum atomic E-state index is 13.2. The maximum Gasteiger partial charge on any atom is 0.406 e. The van der Waals surface area contributed by atoms with E-state index in [-0.39, 0.29) is 13.2 Å². The van der Waals surface area contributed by atoms with Crippen molar-refractivity contribution in [1.82, 2.24) is 4.90 Å². The molecule has 3 rings (SSSR count). The van der Waals surface area contributed by atoms with Gasteiger partial charge in [0.05, 0.1) is 0 Å². The van der Waals surface area contributed by atoms with Gasteiger partial charge in [-0.1, -0.05) is 12.1 Å². The normalized spacial score (nSPS) is 26.3. The number of fused-ring (bicyclic) bond motifs is 1. The summed E-state index contributed by atoms with van der Waals surface area (Å²) in [5, 5.41) is 9.03. The molecule has 6 nitrogen and oxygen atoms in total. The summed E-state index contributed by atoms with van der Waals surface area (Å²) in [6.45, 7) is -1.36. The van der Waals surface area contributed by atoms with E-state index in [0.29, 0.717) is 11.5 Å². The van der Waals surface area contributed by atoms with Crippen molar-refractivity contribution in [1.29, 1.82) is 0 Å². The number of carboxylic acids is 1. The van der Waals surface area contributed by atoms with E-state index in [1.165, 1.54) is 0 Å². The number of likely N-dealkylation sites (tertiary alicyclic amines) is 1. The maximum absolute atomic E-state index is 13.2. The zero-order valence-electron chi connectivity index (χ0n) is 12.4. The molecule has 2 heterocycles. The van der Waals surface area contributed by atoms with Crippen LogP contribution in [0, 0.1) is 5.41 Å². The van der Waals surface area contributed by atoms with E-state index in [0.717, 1.165) is 4.90 Å². The van der Waals surface area contributed by atoms with Crippen molar-refractivity contribution in [3.8, 4) is 11.5 Å². The summed E-state index contributed by atoms with van der Waals surface area (Å²) in [7, 11) is 0. The van der Waals surface area contributed by atoms with Gasteiger partial charge in [0, 0.05) is 13.1 Å². The first kappa shape index (κ1) is 16.4. The van der Waals surface area contributed by atoms with Crippen LogP contribution >= 0.6 is 0 Å². The lowest BCUT2D eigenvalue weighted by atomic mass is 9.86. The molecule has 0 spiro atoms. The number of carbonyl (C=O) groups excluding carboxylic acids is 1. The number of halogens is 3. The summed E-state index contributed by atoms with van der Waals surface area (Å²) in [5.41, 5.74) is -2.93. The van der Waals surface area contributed by atoms with Crippen molar-refractivity contribution in [3.63, 3.8) is 0 Å². The van der Waals surface area contributed by atoms with Gasteiger partial charge in [0.25, 0.3) is 5.91 Å². The number of benzene rings is 1. The van der Waals surface area contributed by atoms with Crippen molar-refractivity contribution >= 4 is 11.9 Å². The summed E-state index contributed by atoms with van der Waals surface area (Å²) >= 11 is 0. The van der Waals surface area contributed by atoms with E-state index in [2.05, 4.69) is 0 Å². The lowest BCUT2D eigenvalue weighted by molar-refractivity contribution is -0.227. The van der Waals surface area contributed by atoms with E-state index in [4.69, 9.17) is 14.6 Å². The minimum atomic E-state index is -4.94. The Morgan fingerprint density at radius 3 is 2.50 bits per heavy atom. The van der Waals surface area contributed by atoms with Crippen LogP contribution in [0.3, 0.4) is 0 Å². The number of alkyl halides is 3. The number of ether oxygens (including phenoxy) is 2. The van der Waals surface area contributed by atoms with Crippen molar-refractivity contribution in [3.05, 3.63) is 24.3 Å². The van der Waals surface area contributed by atoms with Gasteiger partial charge in [0.1, 0.15) is 6.61 Å². The largest absolute Gasteiger partial charge is 0.485 e. The molecule has 1 fully saturated rings. The molecule has 130 valence electrons. The van der Waals surface area contributed by atoms with Crippen LogP contribution < -0.4 is 9.47 Å². The van der Waals surface area contributed by atoms with Gasteiger partial charge >= 0.3 is 12.1 Å². The van der Waals surface area contributed by atoms with Gasteiger partial charge in [-0.2, -0.15) is 13.2 Å². The number of carboxylic acid groups (broad SMARTS) is 1. The third-order valence-corrected chi connectivity index (χ3v) is 4.32. The molecule has 2 atom stereocenters. The fourth-order valence-electron chi connectivity index (χ4n) is 2.87. The number of aliphatic carboxylic acids is 1. The van der Waals surface area contributed by atoms with Gasteiger partial charge in [-0.05, 0) is 18.6 Å². The lowest BCUT2D eigenvalue weighted by Crippen LogP contribution is -2.50. The molecule has 0 aromatic heterocycles. The van der Waals surface area contributed by atoms with E-state index >= 15 is 0 Å². The van der Waals surface area contributed by atoms with E-state index < -0.39 is 42.5 Å². The Kier molecular flexibility index (Phi) is 3.81. The number of hydrogen-bond acceptors (Lipinski definition) is 4. The fourth-order valence-corrected chi connectivity index (χ4v) is 2.87. The second-order valence-electron chi connectivity index (χ2n) is 5.76. The topological polar surface area (TPSA) is 76.1 Å². The molecule has 2 unspecified atom stereocenters. The molecule has 2 aliphatic rings. The third-order valence-electron chi connectivity index (χ3n) is 4.32. The molecule has 1 saturated heterocycles. The number of carbonyl (C=O) groups is 2. The van der Waals surface area contributed by atoms with Crippen LogP contribution in [0.1, 0.15) is 6.42 Å². The summed E-state index contributed by atoms with van der Waals surface area (Å²) in [5.74, 6) is -1.92. The quantitative estimate of drug-likeness (QED) is 0.883. The summed E-state index contributed by atoms with van der Waals surface area (Å²) in [4.78, 5) is 24.5. The smallest absolute Gasteiger partial charge is 0.406 e. The van der Waals surface area contributed by atoms with Crippen molar-refractivity contribution in [2.24, 2.45) is 5.41 Å². The van der Waals surface area contributed by atoms with Gasteiger partial charge < -0.3 is 19.5 Å². The molecule has 1 aromatic carbocycles. The van der Waals surface area contributed by atoms with Crippen LogP contribution in [-0.4, -0.2) is 53.9 Å². The summed E-state index contributed by atoms with van der Waals surface area (Å²) in [6, 6.07) is 6.61. The van der Waals surface area contributed by atoms with Gasteiger partial charge in [0.15, 0.2) is 16.9 Å².